The van der Waals surface area contributed by atoms with Crippen LogP contribution in [0.15, 0.2) is 67.1 Å². The highest BCUT2D eigenvalue weighted by molar-refractivity contribution is 5.77. The third-order valence-electron chi connectivity index (χ3n) is 3.73. The third-order valence-corrected chi connectivity index (χ3v) is 3.73. The maximum Gasteiger partial charge on any atom is 0.317 e. The van der Waals surface area contributed by atoms with Gasteiger partial charge in [0.1, 0.15) is 0 Å². The van der Waals surface area contributed by atoms with Gasteiger partial charge in [-0.15, -0.1) is 0 Å². The molecule has 3 aromatic heterocycles. The molecule has 0 saturated carbocycles. The molecule has 0 unspecified atom stereocenters. The fraction of sp³-hybridized carbons (Fsp3) is 0.143. The van der Waals surface area contributed by atoms with Gasteiger partial charge in [0.05, 0.1) is 36.7 Å². The molecule has 0 aliphatic carbocycles. The molecule has 0 aliphatic heterocycles. The van der Waals surface area contributed by atoms with E-state index in [4.69, 9.17) is 15.3 Å². The maximum atomic E-state index is 10.1. The smallest absolute Gasteiger partial charge is 0.317 e. The van der Waals surface area contributed by atoms with Gasteiger partial charge in [-0.3, -0.25) is 34.2 Å². The minimum absolute atomic E-state index is 0.599. The zero-order valence-corrected chi connectivity index (χ0v) is 16.3. The van der Waals surface area contributed by atoms with E-state index in [1.165, 1.54) is 0 Å². The van der Waals surface area contributed by atoms with Crippen LogP contribution < -0.4 is 0 Å². The SMILES string of the molecule is O=C(O)CN(CC(=O)O)CC(=O)O.c1ccc(-c2cccnc2-c2ccccn2)nc1. The minimum atomic E-state index is -1.26. The molecule has 0 spiro atoms. The fourth-order valence-electron chi connectivity index (χ4n) is 2.58. The van der Waals surface area contributed by atoms with Gasteiger partial charge in [-0.1, -0.05) is 12.1 Å². The van der Waals surface area contributed by atoms with Gasteiger partial charge in [-0.2, -0.15) is 0 Å². The lowest BCUT2D eigenvalue weighted by Crippen LogP contribution is -2.38. The van der Waals surface area contributed by atoms with E-state index in [0.717, 1.165) is 27.5 Å². The average molecular weight is 424 g/mol. The summed E-state index contributed by atoms with van der Waals surface area (Å²) in [4.78, 5) is 44.4. The van der Waals surface area contributed by atoms with Crippen LogP contribution in [-0.2, 0) is 14.4 Å². The summed E-state index contributed by atoms with van der Waals surface area (Å²) in [6, 6.07) is 15.6. The van der Waals surface area contributed by atoms with Gasteiger partial charge in [0, 0.05) is 24.2 Å². The standard InChI is InChI=1S/C15H11N3.C6H9NO6/c1-3-9-16-13(7-1)12-6-5-11-18-15(12)14-8-2-4-10-17-14;8-4(9)1-7(2-5(10)11)3-6(12)13/h1-11H;1-3H2,(H,8,9)(H,10,11)(H,12,13). The van der Waals surface area contributed by atoms with Crippen LogP contribution in [0.1, 0.15) is 0 Å². The van der Waals surface area contributed by atoms with E-state index in [2.05, 4.69) is 15.0 Å². The fourth-order valence-corrected chi connectivity index (χ4v) is 2.58. The van der Waals surface area contributed by atoms with E-state index in [-0.39, 0.29) is 0 Å². The normalized spacial score (nSPS) is 10.1. The minimum Gasteiger partial charge on any atom is -0.480 e. The van der Waals surface area contributed by atoms with Crippen molar-refractivity contribution in [1.29, 1.82) is 0 Å². The molecule has 0 atom stereocenters. The molecular formula is C21H20N4O6. The Kier molecular flexibility index (Phi) is 8.74. The van der Waals surface area contributed by atoms with Crippen molar-refractivity contribution in [3.05, 3.63) is 67.1 Å². The van der Waals surface area contributed by atoms with Crippen LogP contribution in [0.3, 0.4) is 0 Å². The predicted octanol–water partition coefficient (Wildman–Crippen LogP) is 1.75. The Morgan fingerprint density at radius 1 is 0.645 bits per heavy atom. The number of aliphatic carboxylic acids is 3. The highest BCUT2D eigenvalue weighted by atomic mass is 16.4. The number of nitrogens with zero attached hydrogens (tertiary/aromatic N) is 4. The predicted molar refractivity (Wildman–Crippen MR) is 110 cm³/mol. The van der Waals surface area contributed by atoms with Crippen molar-refractivity contribution in [2.45, 2.75) is 0 Å². The monoisotopic (exact) mass is 424 g/mol. The molecule has 0 radical (unpaired) electrons. The summed E-state index contributed by atoms with van der Waals surface area (Å²) in [6.07, 6.45) is 5.33. The molecule has 3 rings (SSSR count). The van der Waals surface area contributed by atoms with Crippen LogP contribution in [0.25, 0.3) is 22.6 Å². The number of carbonyl (C=O) groups is 3. The number of carboxylic acids is 3. The zero-order chi connectivity index (χ0) is 22.6. The van der Waals surface area contributed by atoms with Gasteiger partial charge in [0.15, 0.2) is 0 Å². The summed E-state index contributed by atoms with van der Waals surface area (Å²) >= 11 is 0. The molecule has 0 fully saturated rings. The highest BCUT2D eigenvalue weighted by Crippen LogP contribution is 2.26. The summed E-state index contributed by atoms with van der Waals surface area (Å²) in [5.41, 5.74) is 3.62. The Bertz CT molecular complexity index is 918. The molecule has 31 heavy (non-hydrogen) atoms. The molecule has 3 heterocycles. The summed E-state index contributed by atoms with van der Waals surface area (Å²) < 4.78 is 0. The topological polar surface area (TPSA) is 154 Å². The van der Waals surface area contributed by atoms with Crippen molar-refractivity contribution in [3.63, 3.8) is 0 Å². The summed E-state index contributed by atoms with van der Waals surface area (Å²) in [6.45, 7) is -1.80. The lowest BCUT2D eigenvalue weighted by molar-refractivity contribution is -0.144. The van der Waals surface area contributed by atoms with Crippen LogP contribution >= 0.6 is 0 Å². The van der Waals surface area contributed by atoms with Crippen LogP contribution in [0.5, 0.6) is 0 Å². The Morgan fingerprint density at radius 3 is 1.58 bits per heavy atom. The third kappa shape index (κ3) is 7.99. The van der Waals surface area contributed by atoms with Gasteiger partial charge in [0.25, 0.3) is 0 Å². The number of rotatable bonds is 8. The first-order valence-electron chi connectivity index (χ1n) is 9.02. The summed E-state index contributed by atoms with van der Waals surface area (Å²) in [5.74, 6) is -3.78. The Morgan fingerprint density at radius 2 is 1.13 bits per heavy atom. The van der Waals surface area contributed by atoms with Gasteiger partial charge < -0.3 is 15.3 Å². The Balaban J connectivity index is 0.000000235. The van der Waals surface area contributed by atoms with Crippen LogP contribution in [0, 0.1) is 0 Å². The molecule has 160 valence electrons. The number of hydrogen-bond acceptors (Lipinski definition) is 7. The van der Waals surface area contributed by atoms with Gasteiger partial charge in [-0.25, -0.2) is 0 Å². The number of carboxylic acid groups (broad SMARTS) is 3. The van der Waals surface area contributed by atoms with E-state index < -0.39 is 37.5 Å². The van der Waals surface area contributed by atoms with Crippen molar-refractivity contribution in [2.75, 3.05) is 19.6 Å². The van der Waals surface area contributed by atoms with E-state index >= 15 is 0 Å². The van der Waals surface area contributed by atoms with Crippen molar-refractivity contribution >= 4 is 17.9 Å². The van der Waals surface area contributed by atoms with Gasteiger partial charge in [0.2, 0.25) is 0 Å². The molecule has 0 amide bonds. The van der Waals surface area contributed by atoms with E-state index in [9.17, 15) is 14.4 Å². The second-order valence-corrected chi connectivity index (χ2v) is 6.16. The van der Waals surface area contributed by atoms with Crippen molar-refractivity contribution in [3.8, 4) is 22.6 Å². The average Bonchev–Trinajstić information content (AvgIpc) is 2.74. The van der Waals surface area contributed by atoms with Crippen molar-refractivity contribution in [1.82, 2.24) is 19.9 Å². The summed E-state index contributed by atoms with van der Waals surface area (Å²) in [5, 5.41) is 24.8. The van der Waals surface area contributed by atoms with Crippen LogP contribution in [-0.4, -0.2) is 72.7 Å². The number of pyridine rings is 3. The Labute approximate surface area is 177 Å². The van der Waals surface area contributed by atoms with Gasteiger partial charge >= 0.3 is 17.9 Å². The van der Waals surface area contributed by atoms with Gasteiger partial charge in [-0.05, 0) is 36.4 Å². The molecule has 10 nitrogen and oxygen atoms in total. The van der Waals surface area contributed by atoms with Crippen molar-refractivity contribution in [2.24, 2.45) is 0 Å². The molecule has 0 aliphatic rings. The highest BCUT2D eigenvalue weighted by Gasteiger charge is 2.15. The number of aromatic nitrogens is 3. The molecular weight excluding hydrogens is 404 g/mol. The molecule has 3 aromatic rings. The summed E-state index contributed by atoms with van der Waals surface area (Å²) in [7, 11) is 0. The van der Waals surface area contributed by atoms with E-state index in [0.29, 0.717) is 0 Å². The first-order valence-corrected chi connectivity index (χ1v) is 9.02. The second-order valence-electron chi connectivity index (χ2n) is 6.16. The lowest BCUT2D eigenvalue weighted by atomic mass is 10.1. The van der Waals surface area contributed by atoms with E-state index in [1.807, 2.05) is 48.5 Å². The molecule has 0 saturated heterocycles. The Hall–Kier alpha value is -4.18. The molecule has 3 N–H and O–H groups in total. The first kappa shape index (κ1) is 23.1. The van der Waals surface area contributed by atoms with E-state index in [1.54, 1.807) is 18.6 Å². The molecule has 0 bridgehead atoms. The quantitative estimate of drug-likeness (QED) is 0.487. The lowest BCUT2D eigenvalue weighted by Gasteiger charge is -2.14. The maximum absolute atomic E-state index is 10.1. The molecule has 0 aromatic carbocycles. The zero-order valence-electron chi connectivity index (χ0n) is 16.3. The molecule has 10 heteroatoms. The first-order chi connectivity index (χ1) is 14.9. The van der Waals surface area contributed by atoms with Crippen molar-refractivity contribution < 1.29 is 29.7 Å². The van der Waals surface area contributed by atoms with Crippen LogP contribution in [0.2, 0.25) is 0 Å². The second kappa shape index (κ2) is 11.7. The van der Waals surface area contributed by atoms with Crippen LogP contribution in [0.4, 0.5) is 0 Å². The number of hydrogen-bond donors (Lipinski definition) is 3. The largest absolute Gasteiger partial charge is 0.480 e.